The highest BCUT2D eigenvalue weighted by atomic mass is 19.1. The van der Waals surface area contributed by atoms with Gasteiger partial charge < -0.3 is 30.7 Å². The summed E-state index contributed by atoms with van der Waals surface area (Å²) >= 11 is 0. The molecule has 0 aromatic heterocycles. The number of hydrogen-bond donors (Lipinski definition) is 4. The maximum absolute atomic E-state index is 13.1. The molecule has 1 fully saturated rings. The number of hydrogen-bond acceptors (Lipinski definition) is 8. The Morgan fingerprint density at radius 1 is 0.731 bits per heavy atom. The van der Waals surface area contributed by atoms with E-state index in [9.17, 15) is 37.5 Å². The molecule has 0 aliphatic heterocycles. The molecule has 0 saturated heterocycles. The minimum absolute atomic E-state index is 0.0893. The summed E-state index contributed by atoms with van der Waals surface area (Å²) in [7, 11) is 1.29. The van der Waals surface area contributed by atoms with E-state index in [2.05, 4.69) is 21.3 Å². The second-order valence-corrected chi connectivity index (χ2v) is 12.3. The Kier molecular flexibility index (Phi) is 16.4. The molecule has 3 aromatic carbocycles. The lowest BCUT2D eigenvalue weighted by molar-refractivity contribution is -0.145. The third kappa shape index (κ3) is 15.5. The van der Waals surface area contributed by atoms with Gasteiger partial charge in [0.25, 0.3) is 0 Å². The molecule has 278 valence electrons. The first kappa shape index (κ1) is 40.8. The van der Waals surface area contributed by atoms with Crippen LogP contribution in [0.1, 0.15) is 49.8 Å². The number of rotatable bonds is 16. The molecule has 0 spiro atoms. The van der Waals surface area contributed by atoms with Crippen molar-refractivity contribution in [1.29, 1.82) is 0 Å². The summed E-state index contributed by atoms with van der Waals surface area (Å²) in [6.45, 7) is 2.78. The zero-order valence-corrected chi connectivity index (χ0v) is 29.3. The number of benzene rings is 3. The van der Waals surface area contributed by atoms with Crippen molar-refractivity contribution in [2.75, 3.05) is 13.7 Å². The fraction of sp³-hybridized carbons (Fsp3) is 0.368. The van der Waals surface area contributed by atoms with Crippen LogP contribution in [0.25, 0.3) is 0 Å². The summed E-state index contributed by atoms with van der Waals surface area (Å²) in [5, 5.41) is 10.1. The normalized spacial score (nSPS) is 13.5. The van der Waals surface area contributed by atoms with Crippen LogP contribution < -0.4 is 21.3 Å². The van der Waals surface area contributed by atoms with Crippen LogP contribution in [-0.2, 0) is 57.7 Å². The molecule has 4 rings (SSSR count). The van der Waals surface area contributed by atoms with E-state index in [1.54, 1.807) is 19.1 Å². The molecule has 52 heavy (non-hydrogen) atoms. The van der Waals surface area contributed by atoms with E-state index in [0.29, 0.717) is 24.8 Å². The molecule has 0 unspecified atom stereocenters. The van der Waals surface area contributed by atoms with Gasteiger partial charge in [-0.05, 0) is 61.4 Å². The number of methoxy groups -OCH3 is 1. The SMILES string of the molecule is COC(=O)[C@H](Cc1ccccc1)NC(=O)[C@H](C)NC(=O)CC1CC1.C[C@H](NC(=O)Cc1cc(F)cc(F)c1)C(=O)NCC(=O)OCc1ccccc1. The van der Waals surface area contributed by atoms with E-state index < -0.39 is 59.4 Å². The van der Waals surface area contributed by atoms with Gasteiger partial charge in [-0.1, -0.05) is 60.7 Å². The van der Waals surface area contributed by atoms with Crippen molar-refractivity contribution < 1.29 is 47.0 Å². The lowest BCUT2D eigenvalue weighted by Gasteiger charge is -2.20. The van der Waals surface area contributed by atoms with E-state index in [-0.39, 0.29) is 31.0 Å². The molecule has 14 heteroatoms. The standard InChI is InChI=1S/C20H20F2N2O4.C18H24N2O4/c1-13(24-18(25)9-15-7-16(21)10-17(22)8-15)20(27)23-11-19(26)28-12-14-5-3-2-4-6-14;1-12(19-16(21)11-14-8-9-14)17(22)20-15(18(23)24-2)10-13-6-4-3-5-7-13/h2-8,10,13H,9,11-12H2,1H3,(H,23,27)(H,24,25);3-7,12,14-15H,8-11H2,1-2H3,(H,19,21)(H,20,22)/t13-;12-,15-/m00/s1. The Bertz CT molecular complexity index is 1650. The summed E-state index contributed by atoms with van der Waals surface area (Å²) in [5.41, 5.74) is 1.88. The molecule has 1 aliphatic rings. The Morgan fingerprint density at radius 2 is 1.29 bits per heavy atom. The molecular formula is C38H44F2N4O8. The van der Waals surface area contributed by atoms with Gasteiger partial charge in [0.05, 0.1) is 13.5 Å². The molecule has 3 aromatic rings. The monoisotopic (exact) mass is 722 g/mol. The lowest BCUT2D eigenvalue weighted by atomic mass is 10.1. The van der Waals surface area contributed by atoms with Crippen LogP contribution in [-0.4, -0.2) is 67.3 Å². The number of nitrogens with one attached hydrogen (secondary N) is 4. The topological polar surface area (TPSA) is 169 Å². The molecule has 12 nitrogen and oxygen atoms in total. The van der Waals surface area contributed by atoms with Crippen LogP contribution in [0.5, 0.6) is 0 Å². The van der Waals surface area contributed by atoms with Crippen LogP contribution in [0.4, 0.5) is 8.78 Å². The van der Waals surface area contributed by atoms with Crippen molar-refractivity contribution in [1.82, 2.24) is 21.3 Å². The van der Waals surface area contributed by atoms with Gasteiger partial charge in [0, 0.05) is 18.9 Å². The van der Waals surface area contributed by atoms with Gasteiger partial charge in [-0.3, -0.25) is 24.0 Å². The Morgan fingerprint density at radius 3 is 1.87 bits per heavy atom. The summed E-state index contributed by atoms with van der Waals surface area (Å²) in [4.78, 5) is 71.5. The number of ether oxygens (including phenoxy) is 2. The first-order valence-electron chi connectivity index (χ1n) is 16.8. The fourth-order valence-electron chi connectivity index (χ4n) is 4.79. The third-order valence-corrected chi connectivity index (χ3v) is 7.73. The number of amides is 4. The van der Waals surface area contributed by atoms with Crippen LogP contribution in [0.3, 0.4) is 0 Å². The van der Waals surface area contributed by atoms with Gasteiger partial charge in [-0.15, -0.1) is 0 Å². The van der Waals surface area contributed by atoms with E-state index in [1.807, 2.05) is 48.5 Å². The van der Waals surface area contributed by atoms with Gasteiger partial charge in [0.1, 0.15) is 42.9 Å². The summed E-state index contributed by atoms with van der Waals surface area (Å²) in [6.07, 6.45) is 2.67. The molecule has 3 atom stereocenters. The largest absolute Gasteiger partial charge is 0.467 e. The van der Waals surface area contributed by atoms with Crippen molar-refractivity contribution in [3.63, 3.8) is 0 Å². The zero-order valence-electron chi connectivity index (χ0n) is 29.3. The highest BCUT2D eigenvalue weighted by Crippen LogP contribution is 2.32. The van der Waals surface area contributed by atoms with Gasteiger partial charge >= 0.3 is 11.9 Å². The molecule has 4 amide bonds. The molecular weight excluding hydrogens is 678 g/mol. The average molecular weight is 723 g/mol. The predicted molar refractivity (Wildman–Crippen MR) is 186 cm³/mol. The van der Waals surface area contributed by atoms with E-state index in [1.165, 1.54) is 14.0 Å². The van der Waals surface area contributed by atoms with E-state index >= 15 is 0 Å². The predicted octanol–water partition coefficient (Wildman–Crippen LogP) is 3.06. The van der Waals surface area contributed by atoms with Crippen LogP contribution >= 0.6 is 0 Å². The molecule has 1 saturated carbocycles. The summed E-state index contributed by atoms with van der Waals surface area (Å²) in [5.74, 6) is -3.95. The van der Waals surface area contributed by atoms with E-state index in [0.717, 1.165) is 36.1 Å². The molecule has 0 heterocycles. The highest BCUT2D eigenvalue weighted by Gasteiger charge is 2.28. The second kappa shape index (κ2) is 20.9. The summed E-state index contributed by atoms with van der Waals surface area (Å²) in [6, 6.07) is 18.8. The maximum Gasteiger partial charge on any atom is 0.328 e. The van der Waals surface area contributed by atoms with Crippen molar-refractivity contribution in [3.8, 4) is 0 Å². The average Bonchev–Trinajstić information content (AvgIpc) is 3.93. The quantitative estimate of drug-likeness (QED) is 0.164. The van der Waals surface area contributed by atoms with Crippen LogP contribution in [0.15, 0.2) is 78.9 Å². The second-order valence-electron chi connectivity index (χ2n) is 12.3. The number of halogens is 2. The van der Waals surface area contributed by atoms with Crippen LogP contribution in [0.2, 0.25) is 0 Å². The van der Waals surface area contributed by atoms with Crippen molar-refractivity contribution in [2.45, 2.75) is 70.7 Å². The summed E-state index contributed by atoms with van der Waals surface area (Å²) < 4.78 is 36.1. The lowest BCUT2D eigenvalue weighted by Crippen LogP contribution is -2.51. The van der Waals surface area contributed by atoms with Gasteiger partial charge in [-0.2, -0.15) is 0 Å². The number of esters is 2. The smallest absolute Gasteiger partial charge is 0.328 e. The van der Waals surface area contributed by atoms with Gasteiger partial charge in [0.2, 0.25) is 23.6 Å². The van der Waals surface area contributed by atoms with Crippen molar-refractivity contribution >= 4 is 35.6 Å². The van der Waals surface area contributed by atoms with Gasteiger partial charge in [0.15, 0.2) is 0 Å². The van der Waals surface area contributed by atoms with Gasteiger partial charge in [-0.25, -0.2) is 13.6 Å². The van der Waals surface area contributed by atoms with Crippen molar-refractivity contribution in [3.05, 3.63) is 107 Å². The highest BCUT2D eigenvalue weighted by molar-refractivity contribution is 5.91. The minimum Gasteiger partial charge on any atom is -0.467 e. The van der Waals surface area contributed by atoms with Crippen molar-refractivity contribution in [2.24, 2.45) is 5.92 Å². The first-order chi connectivity index (χ1) is 24.8. The molecule has 1 aliphatic carbocycles. The van der Waals surface area contributed by atoms with E-state index in [4.69, 9.17) is 9.47 Å². The first-order valence-corrected chi connectivity index (χ1v) is 16.8. The van der Waals surface area contributed by atoms with Crippen LogP contribution in [0, 0.1) is 17.6 Å². The third-order valence-electron chi connectivity index (χ3n) is 7.73. The maximum atomic E-state index is 13.1. The minimum atomic E-state index is -0.937. The molecule has 0 radical (unpaired) electrons. The Labute approximate surface area is 301 Å². The fourth-order valence-corrected chi connectivity index (χ4v) is 4.79. The molecule has 4 N–H and O–H groups in total. The Balaban J connectivity index is 0.000000284. The molecule has 0 bridgehead atoms. The zero-order chi connectivity index (χ0) is 38.0. The Hall–Kier alpha value is -5.66. The number of carbonyl (C=O) groups is 6. The number of carbonyl (C=O) groups excluding carboxylic acids is 6.